The lowest BCUT2D eigenvalue weighted by Gasteiger charge is -2.22. The number of carbonyl (C=O) groups excluding carboxylic acids is 1. The van der Waals surface area contributed by atoms with Crippen LogP contribution >= 0.6 is 12.4 Å². The normalized spacial score (nSPS) is 12.5. The van der Waals surface area contributed by atoms with E-state index < -0.39 is 0 Å². The summed E-state index contributed by atoms with van der Waals surface area (Å²) in [4.78, 5) is 13.4. The average molecular weight is 251 g/mol. The van der Waals surface area contributed by atoms with E-state index in [0.29, 0.717) is 18.3 Å². The van der Waals surface area contributed by atoms with Gasteiger partial charge in [-0.25, -0.2) is 0 Å². The molecule has 1 amide bonds. The number of amides is 1. The second kappa shape index (κ2) is 8.82. The molecule has 0 heterocycles. The zero-order chi connectivity index (χ0) is 12.0. The Labute approximate surface area is 106 Å². The van der Waals surface area contributed by atoms with Gasteiger partial charge in [0.05, 0.1) is 0 Å². The van der Waals surface area contributed by atoms with Crippen LogP contribution in [0.25, 0.3) is 0 Å². The zero-order valence-electron chi connectivity index (χ0n) is 11.2. The fraction of sp³-hybridized carbons (Fsp3) is 0.917. The molecule has 16 heavy (non-hydrogen) atoms. The molecule has 4 heteroatoms. The van der Waals surface area contributed by atoms with E-state index in [2.05, 4.69) is 27.7 Å². The molecule has 2 N–H and O–H groups in total. The van der Waals surface area contributed by atoms with Crippen LogP contribution in [0, 0.1) is 11.8 Å². The van der Waals surface area contributed by atoms with Crippen molar-refractivity contribution >= 4 is 18.3 Å². The lowest BCUT2D eigenvalue weighted by Crippen LogP contribution is -2.35. The first-order valence-electron chi connectivity index (χ1n) is 5.84. The summed E-state index contributed by atoms with van der Waals surface area (Å²) in [5, 5.41) is 0. The standard InChI is InChI=1S/C12H26N2O.ClH/c1-9(2)8-12(15)14(5)7-6-11(13)10(3)4;/h9-11H,6-8,13H2,1-5H3;1H. The monoisotopic (exact) mass is 250 g/mol. The Morgan fingerprint density at radius 3 is 2.12 bits per heavy atom. The molecule has 0 rings (SSSR count). The van der Waals surface area contributed by atoms with Crippen molar-refractivity contribution in [2.75, 3.05) is 13.6 Å². The molecule has 1 atom stereocenters. The highest BCUT2D eigenvalue weighted by atomic mass is 35.5. The van der Waals surface area contributed by atoms with Crippen molar-refractivity contribution in [1.29, 1.82) is 0 Å². The van der Waals surface area contributed by atoms with Crippen LogP contribution in [0.2, 0.25) is 0 Å². The third kappa shape index (κ3) is 7.94. The van der Waals surface area contributed by atoms with Gasteiger partial charge >= 0.3 is 0 Å². The number of halogens is 1. The average Bonchev–Trinajstić information content (AvgIpc) is 2.12. The van der Waals surface area contributed by atoms with E-state index in [9.17, 15) is 4.79 Å². The first kappa shape index (κ1) is 18.1. The van der Waals surface area contributed by atoms with Gasteiger partial charge in [-0.15, -0.1) is 12.4 Å². The summed E-state index contributed by atoms with van der Waals surface area (Å²) in [6.07, 6.45) is 1.52. The molecule has 0 aromatic heterocycles. The van der Waals surface area contributed by atoms with Crippen LogP contribution < -0.4 is 5.73 Å². The molecule has 0 spiro atoms. The number of nitrogens with two attached hydrogens (primary N) is 1. The van der Waals surface area contributed by atoms with Gasteiger partial charge in [0.1, 0.15) is 0 Å². The van der Waals surface area contributed by atoms with Crippen LogP contribution in [0.3, 0.4) is 0 Å². The van der Waals surface area contributed by atoms with E-state index in [1.807, 2.05) is 7.05 Å². The number of hydrogen-bond donors (Lipinski definition) is 1. The van der Waals surface area contributed by atoms with Gasteiger partial charge in [-0.2, -0.15) is 0 Å². The third-order valence-corrected chi connectivity index (χ3v) is 2.66. The molecule has 0 aromatic rings. The Morgan fingerprint density at radius 2 is 1.75 bits per heavy atom. The van der Waals surface area contributed by atoms with Crippen molar-refractivity contribution in [3.8, 4) is 0 Å². The smallest absolute Gasteiger partial charge is 0.222 e. The largest absolute Gasteiger partial charge is 0.346 e. The number of nitrogens with zero attached hydrogens (tertiary/aromatic N) is 1. The van der Waals surface area contributed by atoms with Crippen LogP contribution in [0.15, 0.2) is 0 Å². The van der Waals surface area contributed by atoms with E-state index in [-0.39, 0.29) is 24.4 Å². The van der Waals surface area contributed by atoms with Crippen LogP contribution in [0.1, 0.15) is 40.5 Å². The first-order chi connectivity index (χ1) is 6.84. The second-order valence-electron chi connectivity index (χ2n) is 5.11. The molecule has 0 aromatic carbocycles. The predicted molar refractivity (Wildman–Crippen MR) is 71.8 cm³/mol. The van der Waals surface area contributed by atoms with Gasteiger partial charge in [0.15, 0.2) is 0 Å². The highest BCUT2D eigenvalue weighted by Gasteiger charge is 2.13. The molecule has 0 bridgehead atoms. The molecule has 0 aliphatic carbocycles. The SMILES string of the molecule is CC(C)CC(=O)N(C)CCC(N)C(C)C.Cl. The Kier molecular flexibility index (Phi) is 9.98. The molecule has 0 aliphatic heterocycles. The quantitative estimate of drug-likeness (QED) is 0.786. The highest BCUT2D eigenvalue weighted by molar-refractivity contribution is 5.85. The van der Waals surface area contributed by atoms with Crippen LogP contribution in [0.5, 0.6) is 0 Å². The van der Waals surface area contributed by atoms with Gasteiger partial charge in [0.25, 0.3) is 0 Å². The maximum absolute atomic E-state index is 11.6. The summed E-state index contributed by atoms with van der Waals surface area (Å²) < 4.78 is 0. The summed E-state index contributed by atoms with van der Waals surface area (Å²) in [7, 11) is 1.86. The molecular formula is C12H27ClN2O. The van der Waals surface area contributed by atoms with Gasteiger partial charge < -0.3 is 10.6 Å². The minimum absolute atomic E-state index is 0. The van der Waals surface area contributed by atoms with Crippen molar-refractivity contribution in [3.63, 3.8) is 0 Å². The summed E-state index contributed by atoms with van der Waals surface area (Å²) >= 11 is 0. The molecular weight excluding hydrogens is 224 g/mol. The van der Waals surface area contributed by atoms with Gasteiger partial charge in [0.2, 0.25) is 5.91 Å². The minimum atomic E-state index is 0. The Morgan fingerprint density at radius 1 is 1.25 bits per heavy atom. The minimum Gasteiger partial charge on any atom is -0.346 e. The molecule has 98 valence electrons. The summed E-state index contributed by atoms with van der Waals surface area (Å²) in [6.45, 7) is 9.11. The Hall–Kier alpha value is -0.280. The molecule has 3 nitrogen and oxygen atoms in total. The third-order valence-electron chi connectivity index (χ3n) is 2.66. The maximum Gasteiger partial charge on any atom is 0.222 e. The van der Waals surface area contributed by atoms with Crippen molar-refractivity contribution < 1.29 is 4.79 Å². The van der Waals surface area contributed by atoms with Crippen molar-refractivity contribution in [3.05, 3.63) is 0 Å². The van der Waals surface area contributed by atoms with Crippen molar-refractivity contribution in [1.82, 2.24) is 4.90 Å². The van der Waals surface area contributed by atoms with Crippen LogP contribution in [-0.2, 0) is 4.79 Å². The maximum atomic E-state index is 11.6. The van der Waals surface area contributed by atoms with Crippen molar-refractivity contribution in [2.45, 2.75) is 46.6 Å². The summed E-state index contributed by atoms with van der Waals surface area (Å²) in [5.41, 5.74) is 5.93. The fourth-order valence-electron chi connectivity index (χ4n) is 1.31. The number of hydrogen-bond acceptors (Lipinski definition) is 2. The molecule has 0 radical (unpaired) electrons. The number of rotatable bonds is 6. The van der Waals surface area contributed by atoms with Gasteiger partial charge in [0, 0.05) is 26.1 Å². The molecule has 0 fully saturated rings. The number of carbonyl (C=O) groups is 1. The van der Waals surface area contributed by atoms with E-state index >= 15 is 0 Å². The van der Waals surface area contributed by atoms with E-state index in [1.165, 1.54) is 0 Å². The van der Waals surface area contributed by atoms with E-state index in [0.717, 1.165) is 13.0 Å². The van der Waals surface area contributed by atoms with Crippen molar-refractivity contribution in [2.24, 2.45) is 17.6 Å². The summed E-state index contributed by atoms with van der Waals surface area (Å²) in [6, 6.07) is 0.194. The summed E-state index contributed by atoms with van der Waals surface area (Å²) in [5.74, 6) is 1.14. The van der Waals surface area contributed by atoms with Crippen LogP contribution in [0.4, 0.5) is 0 Å². The fourth-order valence-corrected chi connectivity index (χ4v) is 1.31. The van der Waals surface area contributed by atoms with Crippen LogP contribution in [-0.4, -0.2) is 30.4 Å². The topological polar surface area (TPSA) is 46.3 Å². The zero-order valence-corrected chi connectivity index (χ0v) is 12.0. The van der Waals surface area contributed by atoms with E-state index in [1.54, 1.807) is 4.90 Å². The van der Waals surface area contributed by atoms with E-state index in [4.69, 9.17) is 5.73 Å². The predicted octanol–water partition coefficient (Wildman–Crippen LogP) is 2.29. The molecule has 0 saturated heterocycles. The molecule has 0 saturated carbocycles. The van der Waals surface area contributed by atoms with Gasteiger partial charge in [-0.3, -0.25) is 4.79 Å². The first-order valence-corrected chi connectivity index (χ1v) is 5.84. The Bertz CT molecular complexity index is 195. The Balaban J connectivity index is 0. The molecule has 1 unspecified atom stereocenters. The molecule has 0 aliphatic rings. The lowest BCUT2D eigenvalue weighted by molar-refractivity contribution is -0.130. The van der Waals surface area contributed by atoms with Gasteiger partial charge in [-0.05, 0) is 18.3 Å². The lowest BCUT2D eigenvalue weighted by atomic mass is 10.0. The second-order valence-corrected chi connectivity index (χ2v) is 5.11. The van der Waals surface area contributed by atoms with Gasteiger partial charge in [-0.1, -0.05) is 27.7 Å². The highest BCUT2D eigenvalue weighted by Crippen LogP contribution is 2.06.